The van der Waals surface area contributed by atoms with Gasteiger partial charge in [-0.2, -0.15) is 4.98 Å². The number of benzene rings is 1. The number of likely N-dealkylation sites (tertiary alicyclic amines) is 1. The van der Waals surface area contributed by atoms with Crippen molar-refractivity contribution >= 4 is 34.4 Å². The normalized spacial score (nSPS) is 23.8. The largest absolute Gasteiger partial charge is 0.481 e. The molecule has 1 aromatic heterocycles. The number of aromatic nitrogens is 1. The SMILES string of the molecule is CCOc1cc2ccccc2c(O[C@@H]2C[C@@H](C(=O)C[C@]3(C(=O)O)C[C@H]3CC)N(C(=O)[C@@H](CC(=O)OC(C)(C)C)C(C)(C)C)C2)n1. The molecule has 0 radical (unpaired) electrons. The highest BCUT2D eigenvalue weighted by Gasteiger charge is 2.61. The van der Waals surface area contributed by atoms with Gasteiger partial charge in [0.15, 0.2) is 5.78 Å². The molecule has 1 amide bonds. The topological polar surface area (TPSA) is 132 Å². The number of nitrogens with zero attached hydrogens (tertiary/aromatic N) is 2. The molecule has 0 bridgehead atoms. The van der Waals surface area contributed by atoms with Crippen LogP contribution in [0, 0.1) is 22.7 Å². The Morgan fingerprint density at radius 2 is 1.78 bits per heavy atom. The second-order valence-electron chi connectivity index (χ2n) is 14.5. The quantitative estimate of drug-likeness (QED) is 0.289. The number of esters is 1. The molecule has 246 valence electrons. The first kappa shape index (κ1) is 34.2. The molecule has 2 heterocycles. The summed E-state index contributed by atoms with van der Waals surface area (Å²) in [5.74, 6) is -2.27. The first-order valence-corrected chi connectivity index (χ1v) is 16.0. The third kappa shape index (κ3) is 7.76. The molecule has 1 saturated carbocycles. The lowest BCUT2D eigenvalue weighted by Gasteiger charge is -2.35. The third-order valence-corrected chi connectivity index (χ3v) is 8.94. The van der Waals surface area contributed by atoms with Crippen molar-refractivity contribution in [2.75, 3.05) is 13.2 Å². The summed E-state index contributed by atoms with van der Waals surface area (Å²) in [6.45, 7) is 15.3. The van der Waals surface area contributed by atoms with Gasteiger partial charge in [0.1, 0.15) is 11.7 Å². The van der Waals surface area contributed by atoms with Crippen LogP contribution in [0.3, 0.4) is 0 Å². The lowest BCUT2D eigenvalue weighted by Crippen LogP contribution is -2.48. The minimum Gasteiger partial charge on any atom is -0.481 e. The van der Waals surface area contributed by atoms with Crippen LogP contribution in [0.1, 0.15) is 87.5 Å². The first-order chi connectivity index (χ1) is 21.0. The number of ether oxygens (including phenoxy) is 3. The number of aliphatic carboxylic acids is 1. The smallest absolute Gasteiger partial charge is 0.310 e. The summed E-state index contributed by atoms with van der Waals surface area (Å²) in [5.41, 5.74) is -2.45. The maximum atomic E-state index is 14.4. The highest BCUT2D eigenvalue weighted by atomic mass is 16.6. The predicted octanol–water partition coefficient (Wildman–Crippen LogP) is 5.84. The van der Waals surface area contributed by atoms with Gasteiger partial charge in [0.25, 0.3) is 0 Å². The van der Waals surface area contributed by atoms with E-state index in [0.717, 1.165) is 10.8 Å². The summed E-state index contributed by atoms with van der Waals surface area (Å²) >= 11 is 0. The Balaban J connectivity index is 1.67. The van der Waals surface area contributed by atoms with E-state index in [0.29, 0.717) is 31.2 Å². The molecule has 0 unspecified atom stereocenters. The summed E-state index contributed by atoms with van der Waals surface area (Å²) in [7, 11) is 0. The number of carbonyl (C=O) groups excluding carboxylic acids is 3. The zero-order valence-electron chi connectivity index (χ0n) is 27.8. The van der Waals surface area contributed by atoms with E-state index in [1.807, 2.05) is 65.0 Å². The second-order valence-corrected chi connectivity index (χ2v) is 14.5. The van der Waals surface area contributed by atoms with Gasteiger partial charge in [0.2, 0.25) is 17.7 Å². The molecular formula is C35H48N2O8. The van der Waals surface area contributed by atoms with Gasteiger partial charge in [-0.1, -0.05) is 52.3 Å². The standard InChI is InChI=1S/C35H48N2O8/c1-9-22-18-35(22,32(41)42)19-27(38)26-16-23(44-30-24-14-12-11-13-21(24)15-28(36-30)43-10-2)20-37(26)31(40)25(33(3,4)5)17-29(39)45-34(6,7)8/h11-15,22-23,25-26H,9-10,16-20H2,1-8H3,(H,41,42)/t22-,23-,25-,26+,35-/m1/s1. The molecule has 1 aliphatic heterocycles. The van der Waals surface area contributed by atoms with Crippen molar-refractivity contribution in [3.05, 3.63) is 30.3 Å². The van der Waals surface area contributed by atoms with Crippen molar-refractivity contribution in [1.29, 1.82) is 0 Å². The fourth-order valence-electron chi connectivity index (χ4n) is 6.46. The second kappa shape index (κ2) is 13.0. The number of carboxylic acids is 1. The third-order valence-electron chi connectivity index (χ3n) is 8.94. The number of fused-ring (bicyclic) bond motifs is 1. The highest BCUT2D eigenvalue weighted by molar-refractivity contribution is 5.95. The van der Waals surface area contributed by atoms with Crippen molar-refractivity contribution < 1.29 is 38.5 Å². The number of hydrogen-bond acceptors (Lipinski definition) is 8. The molecule has 5 atom stereocenters. The zero-order valence-corrected chi connectivity index (χ0v) is 27.8. The Labute approximate surface area is 265 Å². The molecule has 0 spiro atoms. The summed E-state index contributed by atoms with van der Waals surface area (Å²) < 4.78 is 17.7. The Morgan fingerprint density at radius 1 is 1.09 bits per heavy atom. The average molecular weight is 625 g/mol. The van der Waals surface area contributed by atoms with Gasteiger partial charge in [-0.3, -0.25) is 19.2 Å². The summed E-state index contributed by atoms with van der Waals surface area (Å²) in [6, 6.07) is 8.53. The molecule has 2 aliphatic rings. The summed E-state index contributed by atoms with van der Waals surface area (Å²) in [4.78, 5) is 59.6. The lowest BCUT2D eigenvalue weighted by atomic mass is 9.77. The number of pyridine rings is 1. The summed E-state index contributed by atoms with van der Waals surface area (Å²) in [6.07, 6.45) is 0.372. The monoisotopic (exact) mass is 624 g/mol. The fourth-order valence-corrected chi connectivity index (χ4v) is 6.46. The van der Waals surface area contributed by atoms with Gasteiger partial charge < -0.3 is 24.2 Å². The van der Waals surface area contributed by atoms with Crippen molar-refractivity contribution in [2.45, 2.75) is 105 Å². The van der Waals surface area contributed by atoms with Crippen LogP contribution in [0.15, 0.2) is 30.3 Å². The number of Topliss-reactive ketones (excluding diaryl/α,β-unsaturated/α-hetero) is 1. The van der Waals surface area contributed by atoms with Crippen LogP contribution in [0.4, 0.5) is 0 Å². The van der Waals surface area contributed by atoms with Gasteiger partial charge >= 0.3 is 11.9 Å². The van der Waals surface area contributed by atoms with Crippen molar-refractivity contribution in [2.24, 2.45) is 22.7 Å². The molecule has 1 saturated heterocycles. The van der Waals surface area contributed by atoms with E-state index >= 15 is 0 Å². The molecule has 2 fully saturated rings. The average Bonchev–Trinajstić information content (AvgIpc) is 3.50. The van der Waals surface area contributed by atoms with Gasteiger partial charge in [0, 0.05) is 24.3 Å². The minimum atomic E-state index is -1.11. The fraction of sp³-hybridized carbons (Fsp3) is 0.629. The first-order valence-electron chi connectivity index (χ1n) is 16.0. The maximum Gasteiger partial charge on any atom is 0.310 e. The highest BCUT2D eigenvalue weighted by Crippen LogP contribution is 2.57. The van der Waals surface area contributed by atoms with Crippen molar-refractivity contribution in [1.82, 2.24) is 9.88 Å². The molecule has 1 N–H and O–H groups in total. The van der Waals surface area contributed by atoms with Crippen molar-refractivity contribution in [3.8, 4) is 11.8 Å². The van der Waals surface area contributed by atoms with Gasteiger partial charge in [0.05, 0.1) is 36.9 Å². The number of carboxylic acid groups (broad SMARTS) is 1. The van der Waals surface area contributed by atoms with Gasteiger partial charge in [-0.15, -0.1) is 0 Å². The molecule has 2 aromatic rings. The van der Waals surface area contributed by atoms with Crippen LogP contribution < -0.4 is 9.47 Å². The number of hydrogen-bond donors (Lipinski definition) is 1. The van der Waals surface area contributed by atoms with Gasteiger partial charge in [-0.25, -0.2) is 0 Å². The number of rotatable bonds is 12. The Bertz CT molecular complexity index is 1440. The molecule has 1 aromatic carbocycles. The van der Waals surface area contributed by atoms with E-state index in [1.165, 1.54) is 4.90 Å². The minimum absolute atomic E-state index is 0.0806. The molecule has 10 heteroatoms. The van der Waals surface area contributed by atoms with Crippen LogP contribution >= 0.6 is 0 Å². The van der Waals surface area contributed by atoms with Gasteiger partial charge in [-0.05, 0) is 56.9 Å². The van der Waals surface area contributed by atoms with Crippen LogP contribution in [-0.2, 0) is 23.9 Å². The number of carbonyl (C=O) groups is 4. The molecule has 1 aliphatic carbocycles. The van der Waals surface area contributed by atoms with E-state index in [9.17, 15) is 24.3 Å². The maximum absolute atomic E-state index is 14.4. The van der Waals surface area contributed by atoms with E-state index in [-0.39, 0.29) is 43.4 Å². The predicted molar refractivity (Wildman–Crippen MR) is 169 cm³/mol. The molecule has 4 rings (SSSR count). The molecule has 45 heavy (non-hydrogen) atoms. The zero-order chi connectivity index (χ0) is 33.3. The molecule has 10 nitrogen and oxygen atoms in total. The van der Waals surface area contributed by atoms with Crippen molar-refractivity contribution in [3.63, 3.8) is 0 Å². The van der Waals surface area contributed by atoms with Crippen LogP contribution in [0.25, 0.3) is 10.8 Å². The lowest BCUT2D eigenvalue weighted by molar-refractivity contribution is -0.161. The van der Waals surface area contributed by atoms with Crippen LogP contribution in [0.2, 0.25) is 0 Å². The van der Waals surface area contributed by atoms with E-state index in [4.69, 9.17) is 14.2 Å². The Hall–Kier alpha value is -3.69. The number of amides is 1. The Kier molecular flexibility index (Phi) is 9.85. The van der Waals surface area contributed by atoms with E-state index in [1.54, 1.807) is 20.8 Å². The Morgan fingerprint density at radius 3 is 2.36 bits per heavy atom. The number of ketones is 1. The summed E-state index contributed by atoms with van der Waals surface area (Å²) in [5, 5.41) is 11.7. The van der Waals surface area contributed by atoms with Crippen LogP contribution in [0.5, 0.6) is 11.8 Å². The van der Waals surface area contributed by atoms with E-state index in [2.05, 4.69) is 4.98 Å². The van der Waals surface area contributed by atoms with Crippen LogP contribution in [-0.4, -0.2) is 69.5 Å². The molecular weight excluding hydrogens is 576 g/mol. The van der Waals surface area contributed by atoms with E-state index < -0.39 is 46.4 Å².